The molecule has 1 aliphatic rings. The summed E-state index contributed by atoms with van der Waals surface area (Å²) >= 11 is 0. The number of nitrogens with one attached hydrogen (secondary N) is 1. The third-order valence-electron chi connectivity index (χ3n) is 4.90. The van der Waals surface area contributed by atoms with Crippen LogP contribution in [0.5, 0.6) is 0 Å². The summed E-state index contributed by atoms with van der Waals surface area (Å²) in [7, 11) is 0. The lowest BCUT2D eigenvalue weighted by Gasteiger charge is -2.33. The van der Waals surface area contributed by atoms with Crippen LogP contribution in [-0.2, 0) is 4.79 Å². The zero-order valence-electron chi connectivity index (χ0n) is 15.4. The number of aliphatic carboxylic acids is 1. The Bertz CT molecular complexity index is 928. The number of carboxylic acid groups (broad SMARTS) is 1. The summed E-state index contributed by atoms with van der Waals surface area (Å²) in [6.45, 7) is 2.13. The fourth-order valence-corrected chi connectivity index (χ4v) is 3.32. The monoisotopic (exact) mass is 384 g/mol. The van der Waals surface area contributed by atoms with Crippen LogP contribution in [0.1, 0.15) is 45.5 Å². The normalized spacial score (nSPS) is 16.5. The van der Waals surface area contributed by atoms with E-state index in [1.165, 1.54) is 29.2 Å². The lowest BCUT2D eigenvalue weighted by Crippen LogP contribution is -2.48. The van der Waals surface area contributed by atoms with Gasteiger partial charge in [-0.3, -0.25) is 9.59 Å². The van der Waals surface area contributed by atoms with Crippen molar-refractivity contribution in [3.05, 3.63) is 65.0 Å². The molecule has 1 aliphatic heterocycles. The SMILES string of the molecule is Cc1ccc(C(=O)N2CCCC[C@@H]2C(=O)O)cc1NC(=O)c1ccccc1F. The molecule has 2 aromatic rings. The van der Waals surface area contributed by atoms with Crippen LogP contribution in [-0.4, -0.2) is 40.4 Å². The number of carboxylic acids is 1. The molecule has 3 rings (SSSR count). The van der Waals surface area contributed by atoms with Crippen molar-refractivity contribution in [1.82, 2.24) is 4.90 Å². The fraction of sp³-hybridized carbons (Fsp3) is 0.286. The smallest absolute Gasteiger partial charge is 0.326 e. The minimum absolute atomic E-state index is 0.0967. The quantitative estimate of drug-likeness (QED) is 0.845. The van der Waals surface area contributed by atoms with Crippen LogP contribution in [0.4, 0.5) is 10.1 Å². The Hall–Kier alpha value is -3.22. The van der Waals surface area contributed by atoms with Gasteiger partial charge in [-0.2, -0.15) is 0 Å². The summed E-state index contributed by atoms with van der Waals surface area (Å²) in [5.74, 6) is -2.67. The Balaban J connectivity index is 1.85. The molecule has 1 atom stereocenters. The lowest BCUT2D eigenvalue weighted by molar-refractivity contribution is -0.143. The third-order valence-corrected chi connectivity index (χ3v) is 4.90. The number of amides is 2. The Morgan fingerprint density at radius 2 is 1.89 bits per heavy atom. The van der Waals surface area contributed by atoms with Crippen LogP contribution in [0.2, 0.25) is 0 Å². The molecular formula is C21H21FN2O4. The maximum Gasteiger partial charge on any atom is 0.326 e. The van der Waals surface area contributed by atoms with Gasteiger partial charge < -0.3 is 15.3 Å². The van der Waals surface area contributed by atoms with Crippen LogP contribution in [0, 0.1) is 12.7 Å². The average Bonchev–Trinajstić information content (AvgIpc) is 2.69. The van der Waals surface area contributed by atoms with E-state index >= 15 is 0 Å². The molecule has 7 heteroatoms. The molecule has 0 saturated carbocycles. The van der Waals surface area contributed by atoms with Gasteiger partial charge in [-0.1, -0.05) is 18.2 Å². The highest BCUT2D eigenvalue weighted by Crippen LogP contribution is 2.23. The van der Waals surface area contributed by atoms with Crippen molar-refractivity contribution in [2.75, 3.05) is 11.9 Å². The Kier molecular flexibility index (Phi) is 5.73. The van der Waals surface area contributed by atoms with Crippen molar-refractivity contribution in [2.24, 2.45) is 0 Å². The summed E-state index contributed by atoms with van der Waals surface area (Å²) in [4.78, 5) is 38.1. The number of rotatable bonds is 4. The number of halogens is 1. The molecule has 1 heterocycles. The highest BCUT2D eigenvalue weighted by molar-refractivity contribution is 6.06. The Labute approximate surface area is 162 Å². The summed E-state index contributed by atoms with van der Waals surface area (Å²) in [5, 5.41) is 12.0. The molecule has 6 nitrogen and oxygen atoms in total. The van der Waals surface area contributed by atoms with Gasteiger partial charge in [0.05, 0.1) is 5.56 Å². The Morgan fingerprint density at radius 3 is 2.61 bits per heavy atom. The third kappa shape index (κ3) is 4.03. The van der Waals surface area contributed by atoms with E-state index in [1.807, 2.05) is 0 Å². The van der Waals surface area contributed by atoms with Gasteiger partial charge in [0.1, 0.15) is 11.9 Å². The van der Waals surface area contributed by atoms with E-state index in [9.17, 15) is 23.9 Å². The first-order valence-corrected chi connectivity index (χ1v) is 9.09. The predicted molar refractivity (Wildman–Crippen MR) is 102 cm³/mol. The van der Waals surface area contributed by atoms with E-state index in [2.05, 4.69) is 5.32 Å². The van der Waals surface area contributed by atoms with Gasteiger partial charge in [-0.15, -0.1) is 0 Å². The van der Waals surface area contributed by atoms with Crippen molar-refractivity contribution in [2.45, 2.75) is 32.2 Å². The number of piperidine rings is 1. The number of nitrogens with zero attached hydrogens (tertiary/aromatic N) is 1. The first-order chi connectivity index (χ1) is 13.4. The number of carbonyl (C=O) groups is 3. The number of aryl methyl sites for hydroxylation is 1. The maximum atomic E-state index is 13.8. The first-order valence-electron chi connectivity index (χ1n) is 9.09. The van der Waals surface area contributed by atoms with Crippen molar-refractivity contribution in [1.29, 1.82) is 0 Å². The number of anilines is 1. The molecule has 2 amide bonds. The van der Waals surface area contributed by atoms with E-state index in [4.69, 9.17) is 0 Å². The van der Waals surface area contributed by atoms with Crippen molar-refractivity contribution in [3.63, 3.8) is 0 Å². The number of hydrogen-bond acceptors (Lipinski definition) is 3. The molecule has 1 fully saturated rings. The molecular weight excluding hydrogens is 363 g/mol. The van der Waals surface area contributed by atoms with Gasteiger partial charge in [0.15, 0.2) is 0 Å². The van der Waals surface area contributed by atoms with E-state index < -0.39 is 29.6 Å². The number of carbonyl (C=O) groups excluding carboxylic acids is 2. The van der Waals surface area contributed by atoms with E-state index in [0.29, 0.717) is 24.2 Å². The number of likely N-dealkylation sites (tertiary alicyclic amines) is 1. The first kappa shape index (κ1) is 19.5. The van der Waals surface area contributed by atoms with E-state index in [-0.39, 0.29) is 11.1 Å². The fourth-order valence-electron chi connectivity index (χ4n) is 3.32. The molecule has 0 aromatic heterocycles. The largest absolute Gasteiger partial charge is 0.480 e. The molecule has 1 saturated heterocycles. The van der Waals surface area contributed by atoms with Crippen LogP contribution >= 0.6 is 0 Å². The van der Waals surface area contributed by atoms with Crippen LogP contribution in [0.25, 0.3) is 0 Å². The standard InChI is InChI=1S/C21H21FN2O4/c1-13-9-10-14(20(26)24-11-5-4-8-18(24)21(27)28)12-17(13)23-19(25)15-6-2-3-7-16(15)22/h2-3,6-7,9-10,12,18H,4-5,8,11H2,1H3,(H,23,25)(H,27,28)/t18-/m1/s1. The van der Waals surface area contributed by atoms with E-state index in [0.717, 1.165) is 12.8 Å². The second-order valence-electron chi connectivity index (χ2n) is 6.81. The summed E-state index contributed by atoms with van der Waals surface area (Å²) in [6.07, 6.45) is 1.93. The minimum Gasteiger partial charge on any atom is -0.480 e. The zero-order valence-corrected chi connectivity index (χ0v) is 15.4. The van der Waals surface area contributed by atoms with Gasteiger partial charge in [-0.25, -0.2) is 9.18 Å². The number of benzene rings is 2. The van der Waals surface area contributed by atoms with Crippen LogP contribution in [0.15, 0.2) is 42.5 Å². The molecule has 0 spiro atoms. The molecule has 0 aliphatic carbocycles. The summed E-state index contributed by atoms with van der Waals surface area (Å²) in [6, 6.07) is 9.56. The molecule has 28 heavy (non-hydrogen) atoms. The average molecular weight is 384 g/mol. The minimum atomic E-state index is -1.02. The van der Waals surface area contributed by atoms with Gasteiger partial charge in [-0.05, 0) is 56.0 Å². The van der Waals surface area contributed by atoms with Gasteiger partial charge >= 0.3 is 5.97 Å². The molecule has 0 bridgehead atoms. The zero-order chi connectivity index (χ0) is 20.3. The molecule has 2 N–H and O–H groups in total. The summed E-state index contributed by atoms with van der Waals surface area (Å²) < 4.78 is 13.8. The molecule has 146 valence electrons. The highest BCUT2D eigenvalue weighted by Gasteiger charge is 2.32. The van der Waals surface area contributed by atoms with Crippen LogP contribution in [0.3, 0.4) is 0 Å². The van der Waals surface area contributed by atoms with Gasteiger partial charge in [0.25, 0.3) is 11.8 Å². The van der Waals surface area contributed by atoms with Gasteiger partial charge in [0.2, 0.25) is 0 Å². The predicted octanol–water partition coefficient (Wildman–Crippen LogP) is 3.47. The van der Waals surface area contributed by atoms with Crippen molar-refractivity contribution >= 4 is 23.5 Å². The summed E-state index contributed by atoms with van der Waals surface area (Å²) in [5.41, 5.74) is 1.26. The Morgan fingerprint density at radius 1 is 1.14 bits per heavy atom. The molecule has 2 aromatic carbocycles. The topological polar surface area (TPSA) is 86.7 Å². The lowest BCUT2D eigenvalue weighted by atomic mass is 10.00. The second-order valence-corrected chi connectivity index (χ2v) is 6.81. The van der Waals surface area contributed by atoms with Crippen molar-refractivity contribution < 1.29 is 23.9 Å². The highest BCUT2D eigenvalue weighted by atomic mass is 19.1. The molecule has 0 unspecified atom stereocenters. The second kappa shape index (κ2) is 8.21. The van der Waals surface area contributed by atoms with Gasteiger partial charge in [0, 0.05) is 17.8 Å². The number of hydrogen-bond donors (Lipinski definition) is 2. The van der Waals surface area contributed by atoms with Crippen molar-refractivity contribution in [3.8, 4) is 0 Å². The van der Waals surface area contributed by atoms with E-state index in [1.54, 1.807) is 25.1 Å². The maximum absolute atomic E-state index is 13.8. The molecule has 0 radical (unpaired) electrons. The van der Waals surface area contributed by atoms with Crippen LogP contribution < -0.4 is 5.32 Å².